The van der Waals surface area contributed by atoms with Gasteiger partial charge in [-0.3, -0.25) is 14.3 Å². The first-order valence-corrected chi connectivity index (χ1v) is 9.84. The van der Waals surface area contributed by atoms with Crippen LogP contribution in [0.25, 0.3) is 0 Å². The Hall–Kier alpha value is -2.67. The average molecular weight is 382 g/mol. The molecule has 1 aromatic carbocycles. The van der Waals surface area contributed by atoms with E-state index < -0.39 is 0 Å². The topological polar surface area (TPSA) is 85.2 Å². The molecule has 28 heavy (non-hydrogen) atoms. The minimum absolute atomic E-state index is 0.0325. The number of ether oxygens (including phenoxy) is 1. The smallest absolute Gasteiger partial charge is 0.273 e. The lowest BCUT2D eigenvalue weighted by Crippen LogP contribution is -2.38. The Balaban J connectivity index is 1.51. The van der Waals surface area contributed by atoms with Gasteiger partial charge in [0.15, 0.2) is 0 Å². The van der Waals surface area contributed by atoms with E-state index in [9.17, 15) is 9.59 Å². The van der Waals surface area contributed by atoms with Crippen LogP contribution in [-0.4, -0.2) is 34.2 Å². The molecule has 0 radical (unpaired) electrons. The molecule has 0 unspecified atom stereocenters. The van der Waals surface area contributed by atoms with E-state index in [4.69, 9.17) is 4.74 Å². The number of nitrogens with zero attached hydrogens (tertiary/aromatic N) is 2. The van der Waals surface area contributed by atoms with Crippen LogP contribution < -0.4 is 10.6 Å². The second kappa shape index (κ2) is 7.75. The lowest BCUT2D eigenvalue weighted by atomic mass is 9.96. The van der Waals surface area contributed by atoms with Crippen LogP contribution in [0.3, 0.4) is 0 Å². The summed E-state index contributed by atoms with van der Waals surface area (Å²) in [5, 5.41) is 10.5. The van der Waals surface area contributed by atoms with Crippen molar-refractivity contribution in [3.05, 3.63) is 47.3 Å². The van der Waals surface area contributed by atoms with Crippen molar-refractivity contribution < 1.29 is 14.3 Å². The van der Waals surface area contributed by atoms with Gasteiger partial charge in [-0.15, -0.1) is 0 Å². The monoisotopic (exact) mass is 382 g/mol. The van der Waals surface area contributed by atoms with Crippen LogP contribution in [0.4, 0.5) is 5.69 Å². The van der Waals surface area contributed by atoms with Gasteiger partial charge in [-0.2, -0.15) is 5.10 Å². The van der Waals surface area contributed by atoms with Crippen molar-refractivity contribution >= 4 is 17.5 Å². The number of benzene rings is 1. The van der Waals surface area contributed by atoms with Gasteiger partial charge in [0.1, 0.15) is 5.69 Å². The van der Waals surface area contributed by atoms with E-state index in [-0.39, 0.29) is 24.0 Å². The molecule has 7 heteroatoms. The zero-order valence-corrected chi connectivity index (χ0v) is 16.3. The summed E-state index contributed by atoms with van der Waals surface area (Å²) in [5.41, 5.74) is 3.21. The van der Waals surface area contributed by atoms with Gasteiger partial charge in [0.05, 0.1) is 11.8 Å². The summed E-state index contributed by atoms with van der Waals surface area (Å²) >= 11 is 0. The minimum Gasteiger partial charge on any atom is -0.373 e. The Morgan fingerprint density at radius 1 is 1.21 bits per heavy atom. The number of para-hydroxylation sites is 1. The Morgan fingerprint density at radius 3 is 2.75 bits per heavy atom. The summed E-state index contributed by atoms with van der Waals surface area (Å²) in [7, 11) is 1.80. The van der Waals surface area contributed by atoms with Crippen LogP contribution in [0.5, 0.6) is 0 Å². The van der Waals surface area contributed by atoms with Gasteiger partial charge in [-0.1, -0.05) is 18.2 Å². The Kier molecular flexibility index (Phi) is 5.17. The van der Waals surface area contributed by atoms with Gasteiger partial charge >= 0.3 is 0 Å². The highest BCUT2D eigenvalue weighted by Gasteiger charge is 2.29. The van der Waals surface area contributed by atoms with Crippen molar-refractivity contribution in [3.8, 4) is 0 Å². The van der Waals surface area contributed by atoms with Crippen LogP contribution in [0.2, 0.25) is 0 Å². The highest BCUT2D eigenvalue weighted by atomic mass is 16.5. The largest absolute Gasteiger partial charge is 0.373 e. The van der Waals surface area contributed by atoms with E-state index in [2.05, 4.69) is 15.7 Å². The van der Waals surface area contributed by atoms with Crippen molar-refractivity contribution in [3.63, 3.8) is 0 Å². The van der Waals surface area contributed by atoms with Gasteiger partial charge in [0.25, 0.3) is 5.91 Å². The Labute approximate surface area is 164 Å². The fourth-order valence-electron chi connectivity index (χ4n) is 3.79. The first-order chi connectivity index (χ1) is 13.5. The molecule has 2 atom stereocenters. The number of carbonyl (C=O) groups excluding carboxylic acids is 2. The van der Waals surface area contributed by atoms with Crippen LogP contribution in [0.1, 0.15) is 66.4 Å². The molecule has 0 bridgehead atoms. The molecule has 1 aromatic heterocycles. The predicted molar refractivity (Wildman–Crippen MR) is 105 cm³/mol. The number of carbonyl (C=O) groups is 2. The molecule has 2 fully saturated rings. The second-order valence-electron chi connectivity index (χ2n) is 7.67. The van der Waals surface area contributed by atoms with Gasteiger partial charge in [-0.25, -0.2) is 0 Å². The number of aromatic nitrogens is 2. The lowest BCUT2D eigenvalue weighted by molar-refractivity contribution is -0.120. The fraction of sp³-hybridized carbons (Fsp3) is 0.476. The van der Waals surface area contributed by atoms with E-state index in [1.807, 2.05) is 30.3 Å². The van der Waals surface area contributed by atoms with Gasteiger partial charge < -0.3 is 15.4 Å². The molecular formula is C21H26N4O3. The van der Waals surface area contributed by atoms with E-state index in [1.54, 1.807) is 11.7 Å². The van der Waals surface area contributed by atoms with Gasteiger partial charge in [0, 0.05) is 43.8 Å². The summed E-state index contributed by atoms with van der Waals surface area (Å²) in [4.78, 5) is 24.3. The SMILES string of the molecule is CC(=O)N[C@@H]1CCO[C@H](c2ccccc2NC(=O)c2cc(C3CC3)nn2C)C1. The van der Waals surface area contributed by atoms with Crippen LogP contribution in [0.15, 0.2) is 30.3 Å². The molecule has 1 saturated heterocycles. The van der Waals surface area contributed by atoms with Crippen molar-refractivity contribution in [1.29, 1.82) is 0 Å². The highest BCUT2D eigenvalue weighted by Crippen LogP contribution is 2.39. The molecule has 1 aliphatic heterocycles. The number of aryl methyl sites for hydroxylation is 1. The summed E-state index contributed by atoms with van der Waals surface area (Å²) in [6.45, 7) is 2.10. The third kappa shape index (κ3) is 4.09. The number of anilines is 1. The molecule has 7 nitrogen and oxygen atoms in total. The summed E-state index contributed by atoms with van der Waals surface area (Å²) in [6, 6.07) is 9.65. The molecule has 2 heterocycles. The summed E-state index contributed by atoms with van der Waals surface area (Å²) < 4.78 is 7.60. The maximum absolute atomic E-state index is 12.9. The van der Waals surface area contributed by atoms with Crippen molar-refractivity contribution in [2.24, 2.45) is 7.05 Å². The first kappa shape index (κ1) is 18.7. The van der Waals surface area contributed by atoms with Crippen molar-refractivity contribution in [2.75, 3.05) is 11.9 Å². The fourth-order valence-corrected chi connectivity index (χ4v) is 3.79. The minimum atomic E-state index is -0.177. The van der Waals surface area contributed by atoms with E-state index in [1.165, 1.54) is 6.92 Å². The molecule has 1 saturated carbocycles. The lowest BCUT2D eigenvalue weighted by Gasteiger charge is -2.31. The molecule has 148 valence electrons. The van der Waals surface area contributed by atoms with Gasteiger partial charge in [0.2, 0.25) is 5.91 Å². The molecule has 1 aliphatic carbocycles. The standard InChI is InChI=1S/C21H26N4O3/c1-13(26)22-15-9-10-28-20(11-15)16-5-3-4-6-17(16)23-21(27)19-12-18(14-7-8-14)24-25(19)2/h3-6,12,14-15,20H,7-11H2,1-2H3,(H,22,26)(H,23,27)/t15-,20+/m1/s1. The summed E-state index contributed by atoms with van der Waals surface area (Å²) in [5.74, 6) is 0.292. The number of amides is 2. The second-order valence-corrected chi connectivity index (χ2v) is 7.67. The van der Waals surface area contributed by atoms with E-state index >= 15 is 0 Å². The molecule has 2 aromatic rings. The third-order valence-corrected chi connectivity index (χ3v) is 5.37. The van der Waals surface area contributed by atoms with E-state index in [0.29, 0.717) is 24.6 Å². The average Bonchev–Trinajstić information content (AvgIpc) is 3.44. The molecule has 0 spiro atoms. The Bertz CT molecular complexity index is 888. The van der Waals surface area contributed by atoms with Crippen LogP contribution in [0, 0.1) is 0 Å². The molecule has 2 amide bonds. The molecule has 2 aliphatic rings. The van der Waals surface area contributed by atoms with Crippen LogP contribution >= 0.6 is 0 Å². The number of nitrogens with one attached hydrogen (secondary N) is 2. The molecular weight excluding hydrogens is 356 g/mol. The molecule has 4 rings (SSSR count). The van der Waals surface area contributed by atoms with Gasteiger partial charge in [-0.05, 0) is 37.8 Å². The first-order valence-electron chi connectivity index (χ1n) is 9.84. The molecule has 2 N–H and O–H groups in total. The summed E-state index contributed by atoms with van der Waals surface area (Å²) in [6.07, 6.45) is 3.61. The quantitative estimate of drug-likeness (QED) is 0.833. The maximum Gasteiger partial charge on any atom is 0.273 e. The van der Waals surface area contributed by atoms with Crippen LogP contribution in [-0.2, 0) is 16.6 Å². The maximum atomic E-state index is 12.9. The zero-order chi connectivity index (χ0) is 19.7. The Morgan fingerprint density at radius 2 is 2.00 bits per heavy atom. The predicted octanol–water partition coefficient (Wildman–Crippen LogP) is 2.91. The van der Waals surface area contributed by atoms with Crippen molar-refractivity contribution in [2.45, 2.75) is 50.7 Å². The highest BCUT2D eigenvalue weighted by molar-refractivity contribution is 6.03. The third-order valence-electron chi connectivity index (χ3n) is 5.37. The van der Waals surface area contributed by atoms with Crippen molar-refractivity contribution in [1.82, 2.24) is 15.1 Å². The number of rotatable bonds is 5. The number of hydrogen-bond donors (Lipinski definition) is 2. The normalized spacial score (nSPS) is 21.9. The zero-order valence-electron chi connectivity index (χ0n) is 16.3. The van der Waals surface area contributed by atoms with E-state index in [0.717, 1.165) is 36.2 Å². The number of hydrogen-bond acceptors (Lipinski definition) is 4.